The lowest BCUT2D eigenvalue weighted by Gasteiger charge is -2.27. The highest BCUT2D eigenvalue weighted by molar-refractivity contribution is 4.78. The van der Waals surface area contributed by atoms with E-state index in [0.717, 1.165) is 19.2 Å². The van der Waals surface area contributed by atoms with Gasteiger partial charge in [0, 0.05) is 25.2 Å². The minimum Gasteiger partial charge on any atom is -0.377 e. The van der Waals surface area contributed by atoms with Crippen molar-refractivity contribution in [2.45, 2.75) is 63.6 Å². The standard InChI is InChI=1S/C13H26N2O/c1-11(9-12-5-2-3-7-14-12)15-10-13-6-4-8-16-13/h11-15H,2-10H2,1H3. The number of nitrogens with one attached hydrogen (secondary N) is 2. The van der Waals surface area contributed by atoms with Gasteiger partial charge in [0.05, 0.1) is 6.10 Å². The minimum atomic E-state index is 0.474. The van der Waals surface area contributed by atoms with Gasteiger partial charge in [0.1, 0.15) is 0 Å². The third-order valence-corrected chi connectivity index (χ3v) is 3.77. The fourth-order valence-electron chi connectivity index (χ4n) is 2.77. The Morgan fingerprint density at radius 1 is 1.31 bits per heavy atom. The molecule has 2 aliphatic heterocycles. The van der Waals surface area contributed by atoms with Crippen LogP contribution in [0.2, 0.25) is 0 Å². The van der Waals surface area contributed by atoms with Crippen molar-refractivity contribution < 1.29 is 4.74 Å². The van der Waals surface area contributed by atoms with E-state index in [1.165, 1.54) is 45.1 Å². The molecule has 0 aliphatic carbocycles. The molecular weight excluding hydrogens is 200 g/mol. The summed E-state index contributed by atoms with van der Waals surface area (Å²) in [7, 11) is 0. The van der Waals surface area contributed by atoms with Gasteiger partial charge in [0.15, 0.2) is 0 Å². The summed E-state index contributed by atoms with van der Waals surface area (Å²) in [6, 6.07) is 1.35. The van der Waals surface area contributed by atoms with Crippen LogP contribution in [0.5, 0.6) is 0 Å². The summed E-state index contributed by atoms with van der Waals surface area (Å²) in [5.41, 5.74) is 0. The molecule has 0 saturated carbocycles. The van der Waals surface area contributed by atoms with E-state index >= 15 is 0 Å². The SMILES string of the molecule is CC(CC1CCCCN1)NCC1CCCO1. The van der Waals surface area contributed by atoms with Crippen LogP contribution in [-0.4, -0.2) is 37.9 Å². The van der Waals surface area contributed by atoms with Gasteiger partial charge in [-0.2, -0.15) is 0 Å². The highest BCUT2D eigenvalue weighted by Gasteiger charge is 2.18. The Morgan fingerprint density at radius 2 is 2.25 bits per heavy atom. The Kier molecular flexibility index (Phi) is 5.07. The van der Waals surface area contributed by atoms with Gasteiger partial charge in [-0.25, -0.2) is 0 Å². The Labute approximate surface area is 99.3 Å². The predicted octanol–water partition coefficient (Wildman–Crippen LogP) is 1.68. The Morgan fingerprint density at radius 3 is 2.94 bits per heavy atom. The average Bonchev–Trinajstić information content (AvgIpc) is 2.81. The summed E-state index contributed by atoms with van der Waals surface area (Å²) in [5, 5.41) is 7.21. The van der Waals surface area contributed by atoms with Crippen molar-refractivity contribution in [1.82, 2.24) is 10.6 Å². The van der Waals surface area contributed by atoms with Gasteiger partial charge in [-0.15, -0.1) is 0 Å². The molecule has 2 rings (SSSR count). The van der Waals surface area contributed by atoms with E-state index in [1.54, 1.807) is 0 Å². The number of hydrogen-bond donors (Lipinski definition) is 2. The number of rotatable bonds is 5. The van der Waals surface area contributed by atoms with Crippen molar-refractivity contribution in [3.05, 3.63) is 0 Å². The van der Waals surface area contributed by atoms with Crippen LogP contribution in [0.25, 0.3) is 0 Å². The fourth-order valence-corrected chi connectivity index (χ4v) is 2.77. The van der Waals surface area contributed by atoms with Gasteiger partial charge >= 0.3 is 0 Å². The maximum absolute atomic E-state index is 5.62. The van der Waals surface area contributed by atoms with Crippen LogP contribution in [0.3, 0.4) is 0 Å². The van der Waals surface area contributed by atoms with Gasteiger partial charge in [-0.1, -0.05) is 6.42 Å². The Bertz CT molecular complexity index is 186. The van der Waals surface area contributed by atoms with Crippen molar-refractivity contribution in [3.63, 3.8) is 0 Å². The second-order valence-electron chi connectivity index (χ2n) is 5.33. The molecule has 0 amide bonds. The summed E-state index contributed by atoms with van der Waals surface area (Å²) in [4.78, 5) is 0. The molecule has 3 atom stereocenters. The average molecular weight is 226 g/mol. The van der Waals surface area contributed by atoms with E-state index in [1.807, 2.05) is 0 Å². The molecule has 0 spiro atoms. The predicted molar refractivity (Wildman–Crippen MR) is 66.7 cm³/mol. The quantitative estimate of drug-likeness (QED) is 0.748. The van der Waals surface area contributed by atoms with Gasteiger partial charge in [-0.05, 0) is 45.6 Å². The molecule has 0 bridgehead atoms. The molecule has 0 aromatic rings. The first-order valence-electron chi connectivity index (χ1n) is 6.93. The molecule has 3 unspecified atom stereocenters. The summed E-state index contributed by atoms with van der Waals surface area (Å²) in [6.45, 7) is 5.51. The third-order valence-electron chi connectivity index (χ3n) is 3.77. The van der Waals surface area contributed by atoms with E-state index in [9.17, 15) is 0 Å². The van der Waals surface area contributed by atoms with Crippen molar-refractivity contribution >= 4 is 0 Å². The fraction of sp³-hybridized carbons (Fsp3) is 1.00. The second-order valence-corrected chi connectivity index (χ2v) is 5.33. The van der Waals surface area contributed by atoms with E-state index in [2.05, 4.69) is 17.6 Å². The molecule has 0 radical (unpaired) electrons. The second kappa shape index (κ2) is 6.58. The number of hydrogen-bond acceptors (Lipinski definition) is 3. The zero-order valence-electron chi connectivity index (χ0n) is 10.5. The van der Waals surface area contributed by atoms with Crippen LogP contribution in [0.1, 0.15) is 45.4 Å². The lowest BCUT2D eigenvalue weighted by molar-refractivity contribution is 0.107. The zero-order chi connectivity index (χ0) is 11.2. The van der Waals surface area contributed by atoms with Crippen molar-refractivity contribution in [2.75, 3.05) is 19.7 Å². The molecule has 0 aromatic heterocycles. The molecule has 2 aliphatic rings. The summed E-state index contributed by atoms with van der Waals surface area (Å²) in [5.74, 6) is 0. The summed E-state index contributed by atoms with van der Waals surface area (Å²) < 4.78 is 5.62. The maximum atomic E-state index is 5.62. The first-order valence-corrected chi connectivity index (χ1v) is 6.93. The molecule has 16 heavy (non-hydrogen) atoms. The zero-order valence-corrected chi connectivity index (χ0v) is 10.5. The van der Waals surface area contributed by atoms with E-state index in [0.29, 0.717) is 12.1 Å². The van der Waals surface area contributed by atoms with Gasteiger partial charge in [0.2, 0.25) is 0 Å². The minimum absolute atomic E-state index is 0.474. The maximum Gasteiger partial charge on any atom is 0.0700 e. The molecule has 3 nitrogen and oxygen atoms in total. The highest BCUT2D eigenvalue weighted by Crippen LogP contribution is 2.13. The Hall–Kier alpha value is -0.120. The number of piperidine rings is 1. The molecule has 2 heterocycles. The molecule has 94 valence electrons. The van der Waals surface area contributed by atoms with Crippen LogP contribution >= 0.6 is 0 Å². The normalized spacial score (nSPS) is 32.8. The first-order chi connectivity index (χ1) is 7.84. The molecular formula is C13H26N2O. The van der Waals surface area contributed by atoms with Crippen molar-refractivity contribution in [3.8, 4) is 0 Å². The molecule has 2 saturated heterocycles. The molecule has 2 N–H and O–H groups in total. The molecule has 3 heteroatoms. The number of ether oxygens (including phenoxy) is 1. The smallest absolute Gasteiger partial charge is 0.0700 e. The topological polar surface area (TPSA) is 33.3 Å². The van der Waals surface area contributed by atoms with Crippen LogP contribution in [0.15, 0.2) is 0 Å². The summed E-state index contributed by atoms with van der Waals surface area (Å²) >= 11 is 0. The van der Waals surface area contributed by atoms with Crippen molar-refractivity contribution in [1.29, 1.82) is 0 Å². The lowest BCUT2D eigenvalue weighted by atomic mass is 9.99. The van der Waals surface area contributed by atoms with Crippen LogP contribution in [0, 0.1) is 0 Å². The van der Waals surface area contributed by atoms with Gasteiger partial charge in [0.25, 0.3) is 0 Å². The highest BCUT2D eigenvalue weighted by atomic mass is 16.5. The first kappa shape index (κ1) is 12.3. The van der Waals surface area contributed by atoms with E-state index in [4.69, 9.17) is 4.74 Å². The third kappa shape index (κ3) is 4.04. The summed E-state index contributed by atoms with van der Waals surface area (Å²) in [6.07, 6.45) is 8.32. The van der Waals surface area contributed by atoms with Gasteiger partial charge in [-0.3, -0.25) is 0 Å². The molecule has 0 aromatic carbocycles. The van der Waals surface area contributed by atoms with Gasteiger partial charge < -0.3 is 15.4 Å². The Balaban J connectivity index is 1.57. The lowest BCUT2D eigenvalue weighted by Crippen LogP contribution is -2.41. The molecule has 2 fully saturated rings. The van der Waals surface area contributed by atoms with Crippen molar-refractivity contribution in [2.24, 2.45) is 0 Å². The van der Waals surface area contributed by atoms with E-state index < -0.39 is 0 Å². The van der Waals surface area contributed by atoms with Crippen LogP contribution in [0.4, 0.5) is 0 Å². The van der Waals surface area contributed by atoms with Crippen LogP contribution < -0.4 is 10.6 Å². The van der Waals surface area contributed by atoms with E-state index in [-0.39, 0.29) is 0 Å². The largest absolute Gasteiger partial charge is 0.377 e. The van der Waals surface area contributed by atoms with Crippen LogP contribution in [-0.2, 0) is 4.74 Å². The monoisotopic (exact) mass is 226 g/mol.